The van der Waals surface area contributed by atoms with Gasteiger partial charge in [-0.05, 0) is 41.1 Å². The highest BCUT2D eigenvalue weighted by Crippen LogP contribution is 2.39. The molecule has 0 fully saturated rings. The van der Waals surface area contributed by atoms with Crippen molar-refractivity contribution in [1.29, 1.82) is 0 Å². The first-order valence-corrected chi connectivity index (χ1v) is 12.0. The molecule has 0 amide bonds. The van der Waals surface area contributed by atoms with Crippen molar-refractivity contribution in [3.05, 3.63) is 90.3 Å². The number of pyridine rings is 1. The predicted molar refractivity (Wildman–Crippen MR) is 144 cm³/mol. The quantitative estimate of drug-likeness (QED) is 0.266. The lowest BCUT2D eigenvalue weighted by Crippen LogP contribution is -2.12. The highest BCUT2D eigenvalue weighted by Gasteiger charge is 2.25. The van der Waals surface area contributed by atoms with Crippen LogP contribution in [-0.4, -0.2) is 14.5 Å². The molecule has 174 valence electrons. The Morgan fingerprint density at radius 2 is 1.71 bits per heavy atom. The summed E-state index contributed by atoms with van der Waals surface area (Å²) < 4.78 is 17.1. The zero-order chi connectivity index (χ0) is 25.2. The second-order valence-electron chi connectivity index (χ2n) is 10.4. The number of hydrogen-bond acceptors (Lipinski definition) is 3. The molecule has 0 radical (unpaired) electrons. The fourth-order valence-corrected chi connectivity index (χ4v) is 4.85. The Morgan fingerprint density at radius 3 is 2.46 bits per heavy atom. The zero-order valence-corrected chi connectivity index (χ0v) is 20.8. The molecule has 0 spiro atoms. The van der Waals surface area contributed by atoms with Crippen LogP contribution in [0.25, 0.3) is 50.0 Å². The first kappa shape index (κ1) is 20.5. The molecule has 3 aromatic carbocycles. The van der Waals surface area contributed by atoms with Crippen LogP contribution >= 0.6 is 0 Å². The summed E-state index contributed by atoms with van der Waals surface area (Å²) in [6, 6.07) is 22.6. The van der Waals surface area contributed by atoms with Crippen LogP contribution in [0.15, 0.2) is 83.5 Å². The Kier molecular flexibility index (Phi) is 4.56. The van der Waals surface area contributed by atoms with E-state index in [1.54, 1.807) is 0 Å². The molecule has 0 saturated carbocycles. The van der Waals surface area contributed by atoms with Gasteiger partial charge in [-0.2, -0.15) is 0 Å². The Morgan fingerprint density at radius 1 is 0.914 bits per heavy atom. The van der Waals surface area contributed by atoms with Crippen LogP contribution in [0.1, 0.15) is 53.0 Å². The molecule has 3 heterocycles. The Balaban J connectivity index is 1.70. The largest absolute Gasteiger partial charge is 0.455 e. The van der Waals surface area contributed by atoms with Crippen molar-refractivity contribution in [2.75, 3.05) is 0 Å². The third-order valence-corrected chi connectivity index (χ3v) is 6.71. The number of rotatable bonds is 3. The molecular formula is C31H29N3O. The van der Waals surface area contributed by atoms with E-state index in [1.807, 2.05) is 56.6 Å². The predicted octanol–water partition coefficient (Wildman–Crippen LogP) is 8.41. The van der Waals surface area contributed by atoms with E-state index in [9.17, 15) is 0 Å². The Bertz CT molecular complexity index is 1750. The number of fused-ring (bicyclic) bond motifs is 4. The fourth-order valence-electron chi connectivity index (χ4n) is 4.85. The highest BCUT2D eigenvalue weighted by atomic mass is 16.3. The van der Waals surface area contributed by atoms with Crippen molar-refractivity contribution >= 4 is 33.0 Å². The number of para-hydroxylation sites is 2. The van der Waals surface area contributed by atoms with Gasteiger partial charge in [0.05, 0.1) is 22.8 Å². The van der Waals surface area contributed by atoms with Gasteiger partial charge in [-0.3, -0.25) is 9.55 Å². The molecule has 35 heavy (non-hydrogen) atoms. The number of imidazole rings is 1. The molecular weight excluding hydrogens is 430 g/mol. The lowest BCUT2D eigenvalue weighted by molar-refractivity contribution is 0.592. The molecule has 0 aliphatic carbocycles. The van der Waals surface area contributed by atoms with E-state index in [0.717, 1.165) is 61.2 Å². The van der Waals surface area contributed by atoms with Crippen molar-refractivity contribution in [3.8, 4) is 17.1 Å². The van der Waals surface area contributed by atoms with Gasteiger partial charge in [0.2, 0.25) is 0 Å². The van der Waals surface area contributed by atoms with Gasteiger partial charge in [-0.1, -0.05) is 77.1 Å². The summed E-state index contributed by atoms with van der Waals surface area (Å²) in [6.45, 7) is 10.4. The van der Waals surface area contributed by atoms with E-state index in [-0.39, 0.29) is 5.41 Å². The molecule has 0 aliphatic heterocycles. The molecule has 0 aliphatic rings. The van der Waals surface area contributed by atoms with Crippen molar-refractivity contribution in [1.82, 2.24) is 14.5 Å². The number of hydrogen-bond donors (Lipinski definition) is 0. The maximum atomic E-state index is 8.45. The standard InChI is InChI=1S/C31H29N3O/c1-19(2)20-14-15-22-23-12-9-13-24(29(23)35-27(22)16-20)30-33-28-25(31(3,4)5)17-32-18-26(28)34(30)21-10-7-6-8-11-21/h6-19H,1-5H3/i19D. The molecule has 0 atom stereocenters. The van der Waals surface area contributed by atoms with Gasteiger partial charge >= 0.3 is 0 Å². The van der Waals surface area contributed by atoms with Gasteiger partial charge in [-0.25, -0.2) is 4.98 Å². The average molecular weight is 461 g/mol. The second kappa shape index (κ2) is 7.81. The second-order valence-corrected chi connectivity index (χ2v) is 10.4. The number of furan rings is 1. The van der Waals surface area contributed by atoms with E-state index < -0.39 is 5.89 Å². The van der Waals surface area contributed by atoms with Crippen molar-refractivity contribution in [2.24, 2.45) is 0 Å². The lowest BCUT2D eigenvalue weighted by Gasteiger charge is -2.18. The molecule has 0 unspecified atom stereocenters. The van der Waals surface area contributed by atoms with Crippen LogP contribution in [0.5, 0.6) is 0 Å². The highest BCUT2D eigenvalue weighted by molar-refractivity contribution is 6.09. The van der Waals surface area contributed by atoms with Crippen LogP contribution in [0, 0.1) is 0 Å². The Labute approximate surface area is 206 Å². The number of nitrogens with zero attached hydrogens (tertiary/aromatic N) is 3. The normalized spacial score (nSPS) is 13.1. The van der Waals surface area contributed by atoms with E-state index in [1.165, 1.54) is 0 Å². The van der Waals surface area contributed by atoms with E-state index >= 15 is 0 Å². The molecule has 6 aromatic rings. The molecule has 4 heteroatoms. The minimum Gasteiger partial charge on any atom is -0.455 e. The van der Waals surface area contributed by atoms with Crippen LogP contribution in [0.2, 0.25) is 0 Å². The smallest absolute Gasteiger partial charge is 0.149 e. The summed E-state index contributed by atoms with van der Waals surface area (Å²) in [5.41, 5.74) is 7.37. The van der Waals surface area contributed by atoms with Crippen LogP contribution < -0.4 is 0 Å². The first-order chi connectivity index (χ1) is 17.1. The summed E-state index contributed by atoms with van der Waals surface area (Å²) in [5.74, 6) is 0.119. The van der Waals surface area contributed by atoms with Gasteiger partial charge in [0, 0.05) is 29.6 Å². The summed E-state index contributed by atoms with van der Waals surface area (Å²) in [7, 11) is 0. The molecule has 0 saturated heterocycles. The van der Waals surface area contributed by atoms with Crippen LogP contribution in [-0.2, 0) is 5.41 Å². The van der Waals surface area contributed by atoms with Crippen molar-refractivity contribution < 1.29 is 5.79 Å². The molecule has 4 nitrogen and oxygen atoms in total. The summed E-state index contributed by atoms with van der Waals surface area (Å²) in [5, 5.41) is 2.08. The van der Waals surface area contributed by atoms with Gasteiger partial charge < -0.3 is 4.42 Å². The van der Waals surface area contributed by atoms with Crippen LogP contribution in [0.4, 0.5) is 0 Å². The van der Waals surface area contributed by atoms with E-state index in [0.29, 0.717) is 0 Å². The van der Waals surface area contributed by atoms with Gasteiger partial charge in [0.15, 0.2) is 0 Å². The third kappa shape index (κ3) is 3.44. The summed E-state index contributed by atoms with van der Waals surface area (Å²) in [6.07, 6.45) is 3.83. The molecule has 0 bridgehead atoms. The topological polar surface area (TPSA) is 43.9 Å². The Hall–Kier alpha value is -3.92. The maximum absolute atomic E-state index is 8.45. The molecule has 6 rings (SSSR count). The van der Waals surface area contributed by atoms with Crippen molar-refractivity contribution in [3.63, 3.8) is 0 Å². The summed E-state index contributed by atoms with van der Waals surface area (Å²) >= 11 is 0. The van der Waals surface area contributed by atoms with Crippen molar-refractivity contribution in [2.45, 2.75) is 45.9 Å². The van der Waals surface area contributed by atoms with Gasteiger partial charge in [-0.15, -0.1) is 0 Å². The first-order valence-electron chi connectivity index (χ1n) is 12.5. The SMILES string of the molecule is [2H]C(C)(C)c1ccc2c(c1)oc1c(-c3nc4c(C(C)(C)C)cncc4n3-c3ccccc3)cccc12. The summed E-state index contributed by atoms with van der Waals surface area (Å²) in [4.78, 5) is 9.84. The monoisotopic (exact) mass is 460 g/mol. The minimum absolute atomic E-state index is 0.107. The van der Waals surface area contributed by atoms with Gasteiger partial charge in [0.1, 0.15) is 17.0 Å². The minimum atomic E-state index is -0.701. The van der Waals surface area contributed by atoms with Gasteiger partial charge in [0.25, 0.3) is 0 Å². The zero-order valence-electron chi connectivity index (χ0n) is 21.8. The third-order valence-electron chi connectivity index (χ3n) is 6.71. The molecule has 0 N–H and O–H groups in total. The number of benzene rings is 3. The lowest BCUT2D eigenvalue weighted by atomic mass is 9.87. The van der Waals surface area contributed by atoms with Crippen LogP contribution in [0.3, 0.4) is 0 Å². The average Bonchev–Trinajstić information content (AvgIpc) is 3.41. The number of aromatic nitrogens is 3. The molecule has 3 aromatic heterocycles. The fraction of sp³-hybridized carbons (Fsp3) is 0.226. The van der Waals surface area contributed by atoms with E-state index in [2.05, 4.69) is 66.7 Å². The van der Waals surface area contributed by atoms with E-state index in [4.69, 9.17) is 10.8 Å². The maximum Gasteiger partial charge on any atom is 0.149 e.